The first kappa shape index (κ1) is 10.1. The molecule has 0 atom stereocenters. The maximum absolute atomic E-state index is 4.99. The zero-order valence-corrected chi connectivity index (χ0v) is 9.03. The highest BCUT2D eigenvalue weighted by atomic mass is 16.5. The van der Waals surface area contributed by atoms with Gasteiger partial charge in [-0.05, 0) is 24.6 Å². The van der Waals surface area contributed by atoms with Gasteiger partial charge in [0.15, 0.2) is 0 Å². The molecule has 15 heavy (non-hydrogen) atoms. The molecular formula is C13H14NO. The first-order valence-electron chi connectivity index (χ1n) is 5.01. The van der Waals surface area contributed by atoms with Crippen molar-refractivity contribution in [3.8, 4) is 0 Å². The Morgan fingerprint density at radius 1 is 1.33 bits per heavy atom. The van der Waals surface area contributed by atoms with E-state index in [1.807, 2.05) is 25.1 Å². The zero-order valence-electron chi connectivity index (χ0n) is 9.03. The van der Waals surface area contributed by atoms with Crippen LogP contribution >= 0.6 is 0 Å². The van der Waals surface area contributed by atoms with Gasteiger partial charge in [-0.3, -0.25) is 4.98 Å². The van der Waals surface area contributed by atoms with Gasteiger partial charge in [0.05, 0.1) is 12.1 Å². The van der Waals surface area contributed by atoms with Crippen LogP contribution in [0.5, 0.6) is 0 Å². The SMILES string of the molecule is CO[CH]Cc1cc(C)nc2ccccc12. The molecule has 1 aromatic heterocycles. The minimum absolute atomic E-state index is 0.820. The van der Waals surface area contributed by atoms with E-state index in [0.717, 1.165) is 17.6 Å². The molecule has 0 bridgehead atoms. The second-order valence-electron chi connectivity index (χ2n) is 3.55. The second-order valence-corrected chi connectivity index (χ2v) is 3.55. The van der Waals surface area contributed by atoms with Gasteiger partial charge in [-0.1, -0.05) is 18.2 Å². The predicted octanol–water partition coefficient (Wildman–Crippen LogP) is 2.89. The molecule has 0 aliphatic rings. The molecular weight excluding hydrogens is 186 g/mol. The van der Waals surface area contributed by atoms with Crippen LogP contribution in [0.4, 0.5) is 0 Å². The maximum atomic E-state index is 4.99. The first-order valence-corrected chi connectivity index (χ1v) is 5.01. The fraction of sp³-hybridized carbons (Fsp3) is 0.231. The van der Waals surface area contributed by atoms with Gasteiger partial charge in [0.25, 0.3) is 0 Å². The van der Waals surface area contributed by atoms with Gasteiger partial charge < -0.3 is 4.74 Å². The molecule has 2 rings (SSSR count). The molecule has 0 fully saturated rings. The lowest BCUT2D eigenvalue weighted by molar-refractivity contribution is 0.272. The van der Waals surface area contributed by atoms with Crippen LogP contribution in [0, 0.1) is 13.5 Å². The van der Waals surface area contributed by atoms with E-state index in [2.05, 4.69) is 17.1 Å². The molecule has 2 heteroatoms. The van der Waals surface area contributed by atoms with E-state index < -0.39 is 0 Å². The Bertz CT molecular complexity index is 465. The summed E-state index contributed by atoms with van der Waals surface area (Å²) in [6.45, 7) is 3.82. The topological polar surface area (TPSA) is 22.1 Å². The highest BCUT2D eigenvalue weighted by Gasteiger charge is 2.02. The van der Waals surface area contributed by atoms with E-state index in [9.17, 15) is 0 Å². The minimum Gasteiger partial charge on any atom is -0.378 e. The summed E-state index contributed by atoms with van der Waals surface area (Å²) >= 11 is 0. The van der Waals surface area contributed by atoms with Crippen LogP contribution in [-0.4, -0.2) is 12.1 Å². The van der Waals surface area contributed by atoms with Crippen molar-refractivity contribution in [2.24, 2.45) is 0 Å². The third-order valence-corrected chi connectivity index (χ3v) is 2.40. The van der Waals surface area contributed by atoms with E-state index in [4.69, 9.17) is 4.74 Å². The van der Waals surface area contributed by atoms with Crippen LogP contribution in [0.15, 0.2) is 30.3 Å². The number of pyridine rings is 1. The summed E-state index contributed by atoms with van der Waals surface area (Å²) in [5, 5.41) is 1.20. The van der Waals surface area contributed by atoms with Crippen molar-refractivity contribution in [3.05, 3.63) is 48.2 Å². The summed E-state index contributed by atoms with van der Waals surface area (Å²) < 4.78 is 4.99. The van der Waals surface area contributed by atoms with Crippen LogP contribution in [0.2, 0.25) is 0 Å². The molecule has 1 heterocycles. The largest absolute Gasteiger partial charge is 0.378 e. The average molecular weight is 200 g/mol. The smallest absolute Gasteiger partial charge is 0.0876 e. The fourth-order valence-electron chi connectivity index (χ4n) is 1.74. The Labute approximate surface area is 89.9 Å². The monoisotopic (exact) mass is 200 g/mol. The molecule has 2 aromatic rings. The van der Waals surface area contributed by atoms with Gasteiger partial charge in [0.2, 0.25) is 0 Å². The number of methoxy groups -OCH3 is 1. The van der Waals surface area contributed by atoms with E-state index in [0.29, 0.717) is 0 Å². The lowest BCUT2D eigenvalue weighted by atomic mass is 10.1. The number of para-hydroxylation sites is 1. The van der Waals surface area contributed by atoms with Crippen molar-refractivity contribution in [2.45, 2.75) is 13.3 Å². The standard InChI is InChI=1S/C13H14NO/c1-10-9-11(7-8-15-2)12-5-3-4-6-13(12)14-10/h3-6,8-9H,7H2,1-2H3. The van der Waals surface area contributed by atoms with Crippen molar-refractivity contribution in [1.82, 2.24) is 4.98 Å². The van der Waals surface area contributed by atoms with Gasteiger partial charge in [0, 0.05) is 24.6 Å². The molecule has 0 N–H and O–H groups in total. The highest BCUT2D eigenvalue weighted by Crippen LogP contribution is 2.19. The summed E-state index contributed by atoms with van der Waals surface area (Å²) in [6.07, 6.45) is 0.820. The number of rotatable bonds is 3. The molecule has 1 aromatic carbocycles. The van der Waals surface area contributed by atoms with Crippen molar-refractivity contribution in [1.29, 1.82) is 0 Å². The van der Waals surface area contributed by atoms with Crippen molar-refractivity contribution >= 4 is 10.9 Å². The lowest BCUT2D eigenvalue weighted by Gasteiger charge is -2.06. The van der Waals surface area contributed by atoms with E-state index in [1.54, 1.807) is 13.7 Å². The van der Waals surface area contributed by atoms with E-state index >= 15 is 0 Å². The number of aryl methyl sites for hydroxylation is 1. The Morgan fingerprint density at radius 3 is 2.93 bits per heavy atom. The number of hydrogen-bond donors (Lipinski definition) is 0. The predicted molar refractivity (Wildman–Crippen MR) is 61.5 cm³/mol. The summed E-state index contributed by atoms with van der Waals surface area (Å²) in [4.78, 5) is 4.49. The van der Waals surface area contributed by atoms with Crippen LogP contribution in [-0.2, 0) is 11.2 Å². The zero-order chi connectivity index (χ0) is 10.7. The van der Waals surface area contributed by atoms with Crippen LogP contribution < -0.4 is 0 Å². The highest BCUT2D eigenvalue weighted by molar-refractivity contribution is 5.82. The van der Waals surface area contributed by atoms with Gasteiger partial charge in [-0.25, -0.2) is 0 Å². The van der Waals surface area contributed by atoms with Gasteiger partial charge in [-0.2, -0.15) is 0 Å². The molecule has 1 radical (unpaired) electrons. The van der Waals surface area contributed by atoms with Crippen molar-refractivity contribution < 1.29 is 4.74 Å². The Hall–Kier alpha value is -1.41. The Balaban J connectivity index is 2.50. The molecule has 0 saturated carbocycles. The van der Waals surface area contributed by atoms with Crippen LogP contribution in [0.3, 0.4) is 0 Å². The third kappa shape index (κ3) is 2.16. The van der Waals surface area contributed by atoms with Crippen molar-refractivity contribution in [3.63, 3.8) is 0 Å². The number of benzene rings is 1. The molecule has 0 unspecified atom stereocenters. The number of nitrogens with zero attached hydrogens (tertiary/aromatic N) is 1. The molecule has 0 saturated heterocycles. The quantitative estimate of drug-likeness (QED) is 0.760. The first-order chi connectivity index (χ1) is 7.31. The van der Waals surface area contributed by atoms with Crippen LogP contribution in [0.25, 0.3) is 10.9 Å². The minimum atomic E-state index is 0.820. The van der Waals surface area contributed by atoms with Crippen molar-refractivity contribution in [2.75, 3.05) is 7.11 Å². The molecule has 0 aliphatic heterocycles. The fourth-order valence-corrected chi connectivity index (χ4v) is 1.74. The Morgan fingerprint density at radius 2 is 2.13 bits per heavy atom. The number of hydrogen-bond acceptors (Lipinski definition) is 2. The molecule has 0 amide bonds. The molecule has 0 aliphatic carbocycles. The summed E-state index contributed by atoms with van der Waals surface area (Å²) in [5.41, 5.74) is 3.37. The number of aromatic nitrogens is 1. The van der Waals surface area contributed by atoms with Gasteiger partial charge in [0.1, 0.15) is 0 Å². The summed E-state index contributed by atoms with van der Waals surface area (Å²) in [7, 11) is 1.68. The average Bonchev–Trinajstić information content (AvgIpc) is 2.25. The molecule has 77 valence electrons. The van der Waals surface area contributed by atoms with E-state index in [1.165, 1.54) is 10.9 Å². The normalized spacial score (nSPS) is 10.8. The van der Waals surface area contributed by atoms with Gasteiger partial charge in [-0.15, -0.1) is 0 Å². The Kier molecular flexibility index (Phi) is 2.97. The molecule has 0 spiro atoms. The van der Waals surface area contributed by atoms with Gasteiger partial charge >= 0.3 is 0 Å². The van der Waals surface area contributed by atoms with E-state index in [-0.39, 0.29) is 0 Å². The lowest BCUT2D eigenvalue weighted by Crippen LogP contribution is -1.93. The number of fused-ring (bicyclic) bond motifs is 1. The van der Waals surface area contributed by atoms with Crippen LogP contribution in [0.1, 0.15) is 11.3 Å². The second kappa shape index (κ2) is 4.41. The third-order valence-electron chi connectivity index (χ3n) is 2.40. The maximum Gasteiger partial charge on any atom is 0.0876 e. The number of ether oxygens (including phenoxy) is 1. The summed E-state index contributed by atoms with van der Waals surface area (Å²) in [6, 6.07) is 10.3. The summed E-state index contributed by atoms with van der Waals surface area (Å²) in [5.74, 6) is 0. The molecule has 2 nitrogen and oxygen atoms in total.